The number of aryl methyl sites for hydroxylation is 1. The van der Waals surface area contributed by atoms with Crippen LogP contribution in [0.4, 0.5) is 0 Å². The Labute approximate surface area is 104 Å². The molecule has 0 bridgehead atoms. The van der Waals surface area contributed by atoms with Gasteiger partial charge in [-0.1, -0.05) is 16.5 Å². The van der Waals surface area contributed by atoms with Crippen LogP contribution in [0.1, 0.15) is 25.6 Å². The molecule has 0 fully saturated rings. The van der Waals surface area contributed by atoms with Gasteiger partial charge in [0, 0.05) is 6.92 Å². The van der Waals surface area contributed by atoms with E-state index in [0.29, 0.717) is 30.7 Å². The summed E-state index contributed by atoms with van der Waals surface area (Å²) in [5, 5.41) is 3.79. The van der Waals surface area contributed by atoms with Crippen molar-refractivity contribution in [1.29, 1.82) is 0 Å². The molecule has 0 unspecified atom stereocenters. The standard InChI is InChI=1S/C8H15N2O3PS2/c1-4-11-14(15,12-5-2)16-6-8-9-7(3)13-10-8/h4-6H2,1-3H3. The first kappa shape index (κ1) is 14.1. The molecule has 1 rings (SSSR count). The van der Waals surface area contributed by atoms with E-state index in [9.17, 15) is 0 Å². The Kier molecular flexibility index (Phi) is 5.92. The summed E-state index contributed by atoms with van der Waals surface area (Å²) in [6.45, 7) is 6.66. The molecule has 0 atom stereocenters. The van der Waals surface area contributed by atoms with E-state index in [-0.39, 0.29) is 0 Å². The van der Waals surface area contributed by atoms with Crippen molar-refractivity contribution in [2.75, 3.05) is 13.2 Å². The van der Waals surface area contributed by atoms with Gasteiger partial charge >= 0.3 is 0 Å². The maximum absolute atomic E-state index is 5.48. The zero-order valence-electron chi connectivity index (χ0n) is 9.50. The van der Waals surface area contributed by atoms with Crippen LogP contribution in [-0.2, 0) is 26.6 Å². The van der Waals surface area contributed by atoms with Crippen LogP contribution in [0, 0.1) is 6.92 Å². The molecule has 16 heavy (non-hydrogen) atoms. The summed E-state index contributed by atoms with van der Waals surface area (Å²) in [4.78, 5) is 4.10. The van der Waals surface area contributed by atoms with Crippen molar-refractivity contribution in [2.45, 2.75) is 26.5 Å². The molecule has 0 spiro atoms. The second kappa shape index (κ2) is 6.71. The molecule has 0 saturated carbocycles. The van der Waals surface area contributed by atoms with Crippen LogP contribution in [0.2, 0.25) is 0 Å². The Hall–Kier alpha value is 0.0600. The molecular formula is C8H15N2O3PS2. The third-order valence-electron chi connectivity index (χ3n) is 1.50. The minimum atomic E-state index is -2.25. The van der Waals surface area contributed by atoms with Gasteiger partial charge in [-0.3, -0.25) is 0 Å². The predicted octanol–water partition coefficient (Wildman–Crippen LogP) is 2.91. The quantitative estimate of drug-likeness (QED) is 0.712. The zero-order chi connectivity index (χ0) is 12.0. The Balaban J connectivity index is 2.53. The predicted molar refractivity (Wildman–Crippen MR) is 67.9 cm³/mol. The molecule has 0 N–H and O–H groups in total. The Morgan fingerprint density at radius 2 is 2.00 bits per heavy atom. The lowest BCUT2D eigenvalue weighted by molar-refractivity contribution is 0.280. The highest BCUT2D eigenvalue weighted by Crippen LogP contribution is 2.61. The van der Waals surface area contributed by atoms with Crippen LogP contribution in [0.25, 0.3) is 0 Å². The molecule has 0 radical (unpaired) electrons. The lowest BCUT2D eigenvalue weighted by atomic mass is 10.7. The summed E-state index contributed by atoms with van der Waals surface area (Å²) in [6.07, 6.45) is 0. The minimum absolute atomic E-state index is 0.550. The van der Waals surface area contributed by atoms with Crippen LogP contribution < -0.4 is 0 Å². The average molecular weight is 282 g/mol. The number of hydrogen-bond acceptors (Lipinski definition) is 7. The lowest BCUT2D eigenvalue weighted by Gasteiger charge is -2.18. The second-order valence-electron chi connectivity index (χ2n) is 2.79. The van der Waals surface area contributed by atoms with Crippen LogP contribution in [0.5, 0.6) is 0 Å². The van der Waals surface area contributed by atoms with E-state index in [4.69, 9.17) is 25.4 Å². The normalized spacial score (nSPS) is 11.9. The van der Waals surface area contributed by atoms with Crippen molar-refractivity contribution in [3.8, 4) is 0 Å². The fourth-order valence-corrected chi connectivity index (χ4v) is 5.22. The van der Waals surface area contributed by atoms with Gasteiger partial charge in [0.2, 0.25) is 11.6 Å². The van der Waals surface area contributed by atoms with Crippen LogP contribution in [-0.4, -0.2) is 23.4 Å². The van der Waals surface area contributed by atoms with Crippen molar-refractivity contribution >= 4 is 28.9 Å². The van der Waals surface area contributed by atoms with Gasteiger partial charge in [-0.25, -0.2) is 0 Å². The maximum atomic E-state index is 5.48. The SMILES string of the molecule is CCOP(=S)(OCC)SCc1noc(C)n1. The van der Waals surface area contributed by atoms with Crippen molar-refractivity contribution in [1.82, 2.24) is 10.1 Å². The van der Waals surface area contributed by atoms with Gasteiger partial charge in [0.25, 0.3) is 0 Å². The molecular weight excluding hydrogens is 267 g/mol. The van der Waals surface area contributed by atoms with Crippen molar-refractivity contribution in [3.63, 3.8) is 0 Å². The molecule has 1 heterocycles. The minimum Gasteiger partial charge on any atom is -0.340 e. The van der Waals surface area contributed by atoms with E-state index in [2.05, 4.69) is 10.1 Å². The van der Waals surface area contributed by atoms with Gasteiger partial charge in [0.15, 0.2) is 5.82 Å². The van der Waals surface area contributed by atoms with Gasteiger partial charge in [0.05, 0.1) is 19.0 Å². The highest BCUT2D eigenvalue weighted by Gasteiger charge is 2.20. The third-order valence-corrected chi connectivity index (χ3v) is 6.90. The lowest BCUT2D eigenvalue weighted by Crippen LogP contribution is -1.93. The van der Waals surface area contributed by atoms with E-state index in [1.54, 1.807) is 6.92 Å². The van der Waals surface area contributed by atoms with Gasteiger partial charge in [0.1, 0.15) is 0 Å². The van der Waals surface area contributed by atoms with Crippen molar-refractivity contribution in [2.24, 2.45) is 0 Å². The first-order chi connectivity index (χ1) is 7.59. The molecule has 0 saturated heterocycles. The average Bonchev–Trinajstić information content (AvgIpc) is 2.62. The molecule has 0 aliphatic carbocycles. The highest BCUT2D eigenvalue weighted by molar-refractivity contribution is 8.67. The first-order valence-corrected chi connectivity index (χ1v) is 9.15. The molecule has 0 aliphatic rings. The maximum Gasteiger partial charge on any atom is 0.247 e. The molecule has 0 aliphatic heterocycles. The summed E-state index contributed by atoms with van der Waals surface area (Å²) in [7, 11) is 0. The summed E-state index contributed by atoms with van der Waals surface area (Å²) < 4.78 is 15.8. The zero-order valence-corrected chi connectivity index (χ0v) is 12.0. The third kappa shape index (κ3) is 4.51. The van der Waals surface area contributed by atoms with E-state index >= 15 is 0 Å². The van der Waals surface area contributed by atoms with Gasteiger partial charge in [-0.05, 0) is 25.7 Å². The monoisotopic (exact) mass is 282 g/mol. The van der Waals surface area contributed by atoms with Crippen LogP contribution in [0.15, 0.2) is 4.52 Å². The Morgan fingerprint density at radius 1 is 1.38 bits per heavy atom. The van der Waals surface area contributed by atoms with E-state index in [1.165, 1.54) is 11.4 Å². The fourth-order valence-electron chi connectivity index (χ4n) is 0.965. The van der Waals surface area contributed by atoms with E-state index in [0.717, 1.165) is 0 Å². The van der Waals surface area contributed by atoms with Gasteiger partial charge in [-0.2, -0.15) is 4.98 Å². The molecule has 0 aromatic carbocycles. The summed E-state index contributed by atoms with van der Waals surface area (Å²) in [5.41, 5.74) is -2.25. The molecule has 0 amide bonds. The molecule has 1 aromatic rings. The smallest absolute Gasteiger partial charge is 0.247 e. The summed E-state index contributed by atoms with van der Waals surface area (Å²) in [5.74, 6) is 1.72. The summed E-state index contributed by atoms with van der Waals surface area (Å²) in [6, 6.07) is 0. The molecule has 8 heteroatoms. The Morgan fingerprint density at radius 3 is 2.44 bits per heavy atom. The molecule has 92 valence electrons. The van der Waals surface area contributed by atoms with Gasteiger partial charge in [-0.15, -0.1) is 0 Å². The van der Waals surface area contributed by atoms with Gasteiger partial charge < -0.3 is 13.6 Å². The number of hydrogen-bond donors (Lipinski definition) is 0. The number of rotatable bonds is 7. The topological polar surface area (TPSA) is 57.4 Å². The van der Waals surface area contributed by atoms with Crippen LogP contribution >= 0.6 is 17.1 Å². The van der Waals surface area contributed by atoms with Crippen LogP contribution in [0.3, 0.4) is 0 Å². The summed E-state index contributed by atoms with van der Waals surface area (Å²) >= 11 is 6.79. The number of nitrogens with zero attached hydrogens (tertiary/aromatic N) is 2. The second-order valence-corrected chi connectivity index (χ2v) is 9.10. The van der Waals surface area contributed by atoms with Crippen molar-refractivity contribution in [3.05, 3.63) is 11.7 Å². The molecule has 1 aromatic heterocycles. The first-order valence-electron chi connectivity index (χ1n) is 4.92. The van der Waals surface area contributed by atoms with E-state index in [1.807, 2.05) is 13.8 Å². The largest absolute Gasteiger partial charge is 0.340 e. The van der Waals surface area contributed by atoms with E-state index < -0.39 is 5.69 Å². The number of aromatic nitrogens is 2. The van der Waals surface area contributed by atoms with Crippen molar-refractivity contribution < 1.29 is 13.6 Å². The molecule has 5 nitrogen and oxygen atoms in total. The fraction of sp³-hybridized carbons (Fsp3) is 0.750. The highest BCUT2D eigenvalue weighted by atomic mass is 32.9. The Bertz CT molecular complexity index is 362.